The first-order valence-corrected chi connectivity index (χ1v) is 6.14. The highest BCUT2D eigenvalue weighted by molar-refractivity contribution is 8.14. The van der Waals surface area contributed by atoms with Crippen LogP contribution in [0.2, 0.25) is 0 Å². The summed E-state index contributed by atoms with van der Waals surface area (Å²) in [5.41, 5.74) is 6.03. The maximum absolute atomic E-state index is 6.03. The molecule has 1 aliphatic heterocycles. The zero-order chi connectivity index (χ0) is 9.59. The average molecular weight is 216 g/mol. The Morgan fingerprint density at radius 2 is 2.31 bits per heavy atom. The molecule has 2 aliphatic rings. The number of nitrogens with two attached hydrogens (primary N) is 1. The third kappa shape index (κ3) is 1.64. The minimum Gasteiger partial charge on any atom is -0.327 e. The molecule has 74 valence electrons. The normalized spacial score (nSPS) is 50.2. The lowest BCUT2D eigenvalue weighted by molar-refractivity contribution is 0.326. The van der Waals surface area contributed by atoms with Gasteiger partial charge in [-0.05, 0) is 19.3 Å². The van der Waals surface area contributed by atoms with Gasteiger partial charge in [0, 0.05) is 16.5 Å². The summed E-state index contributed by atoms with van der Waals surface area (Å²) in [6.07, 6.45) is 1.06. The minimum absolute atomic E-state index is 0.244. The Bertz CT molecular complexity index is 242. The number of hydrogen-bond donors (Lipinski definition) is 2. The Kier molecular flexibility index (Phi) is 2.64. The van der Waals surface area contributed by atoms with Crippen molar-refractivity contribution in [2.75, 3.05) is 0 Å². The van der Waals surface area contributed by atoms with E-state index in [0.29, 0.717) is 22.5 Å². The molecule has 2 nitrogen and oxygen atoms in total. The molecule has 13 heavy (non-hydrogen) atoms. The van der Waals surface area contributed by atoms with Gasteiger partial charge in [0.15, 0.2) is 0 Å². The summed E-state index contributed by atoms with van der Waals surface area (Å²) in [5.74, 6) is 0.516. The van der Waals surface area contributed by atoms with Crippen LogP contribution in [0.3, 0.4) is 0 Å². The van der Waals surface area contributed by atoms with Gasteiger partial charge in [-0.25, -0.2) is 0 Å². The van der Waals surface area contributed by atoms with Gasteiger partial charge >= 0.3 is 0 Å². The van der Waals surface area contributed by atoms with E-state index in [1.165, 1.54) is 5.04 Å². The maximum atomic E-state index is 6.03. The number of rotatable bonds is 0. The van der Waals surface area contributed by atoms with E-state index in [2.05, 4.69) is 31.5 Å². The molecule has 2 rings (SSSR count). The molecule has 0 saturated heterocycles. The van der Waals surface area contributed by atoms with Crippen LogP contribution in [0, 0.1) is 5.92 Å². The van der Waals surface area contributed by atoms with Crippen molar-refractivity contribution in [2.45, 2.75) is 42.9 Å². The van der Waals surface area contributed by atoms with Crippen molar-refractivity contribution in [2.24, 2.45) is 16.6 Å². The number of thiol groups is 1. The number of nitrogens with zero attached hydrogens (tertiary/aromatic N) is 1. The molecule has 1 heterocycles. The maximum Gasteiger partial charge on any atom is 0.0668 e. The minimum atomic E-state index is 0.244. The Morgan fingerprint density at radius 1 is 1.62 bits per heavy atom. The molecule has 0 spiro atoms. The van der Waals surface area contributed by atoms with Crippen molar-refractivity contribution < 1.29 is 0 Å². The first-order chi connectivity index (χ1) is 6.09. The highest BCUT2D eigenvalue weighted by Gasteiger charge is 2.42. The summed E-state index contributed by atoms with van der Waals surface area (Å²) in [4.78, 5) is 4.65. The molecule has 0 amide bonds. The van der Waals surface area contributed by atoms with Crippen molar-refractivity contribution in [1.29, 1.82) is 0 Å². The van der Waals surface area contributed by atoms with Gasteiger partial charge in [-0.15, -0.1) is 11.8 Å². The average Bonchev–Trinajstić information content (AvgIpc) is 2.42. The fourth-order valence-electron chi connectivity index (χ4n) is 2.26. The number of hydrogen-bond acceptors (Lipinski definition) is 4. The molecule has 5 atom stereocenters. The molecule has 1 fully saturated rings. The smallest absolute Gasteiger partial charge is 0.0668 e. The van der Waals surface area contributed by atoms with E-state index in [1.54, 1.807) is 0 Å². The van der Waals surface area contributed by atoms with E-state index in [1.807, 2.05) is 11.8 Å². The lowest BCUT2D eigenvalue weighted by Crippen LogP contribution is -2.49. The lowest BCUT2D eigenvalue weighted by Gasteiger charge is -2.37. The molecule has 1 saturated carbocycles. The van der Waals surface area contributed by atoms with E-state index in [4.69, 9.17) is 5.73 Å². The van der Waals surface area contributed by atoms with Crippen molar-refractivity contribution in [3.05, 3.63) is 0 Å². The molecule has 0 aromatic carbocycles. The second-order valence-electron chi connectivity index (χ2n) is 4.04. The van der Waals surface area contributed by atoms with Crippen molar-refractivity contribution in [1.82, 2.24) is 0 Å². The number of fused-ring (bicyclic) bond motifs is 1. The second-order valence-corrected chi connectivity index (χ2v) is 6.07. The van der Waals surface area contributed by atoms with Gasteiger partial charge in [0.2, 0.25) is 0 Å². The van der Waals surface area contributed by atoms with Crippen LogP contribution in [0.15, 0.2) is 4.99 Å². The molecular weight excluding hydrogens is 200 g/mol. The predicted molar refractivity (Wildman–Crippen MR) is 62.8 cm³/mol. The predicted octanol–water partition coefficient (Wildman–Crippen LogP) is 1.55. The molecule has 5 unspecified atom stereocenters. The van der Waals surface area contributed by atoms with Gasteiger partial charge in [0.1, 0.15) is 0 Å². The van der Waals surface area contributed by atoms with E-state index >= 15 is 0 Å². The third-order valence-electron chi connectivity index (χ3n) is 3.05. The fraction of sp³-hybridized carbons (Fsp3) is 0.889. The van der Waals surface area contributed by atoms with E-state index in [0.717, 1.165) is 6.42 Å². The Labute approximate surface area is 89.2 Å². The van der Waals surface area contributed by atoms with E-state index in [9.17, 15) is 0 Å². The Hall–Kier alpha value is 0.330. The fourth-order valence-corrected chi connectivity index (χ4v) is 3.94. The van der Waals surface area contributed by atoms with Crippen molar-refractivity contribution in [3.8, 4) is 0 Å². The van der Waals surface area contributed by atoms with Gasteiger partial charge in [0.25, 0.3) is 0 Å². The molecule has 0 aromatic rings. The highest BCUT2D eigenvalue weighted by Crippen LogP contribution is 2.41. The summed E-state index contributed by atoms with van der Waals surface area (Å²) in [7, 11) is 0. The van der Waals surface area contributed by atoms with Crippen LogP contribution in [-0.2, 0) is 0 Å². The molecule has 4 heteroatoms. The van der Waals surface area contributed by atoms with Crippen LogP contribution in [0.1, 0.15) is 20.3 Å². The lowest BCUT2D eigenvalue weighted by atomic mass is 9.82. The molecule has 1 aliphatic carbocycles. The topological polar surface area (TPSA) is 38.4 Å². The van der Waals surface area contributed by atoms with Gasteiger partial charge in [-0.1, -0.05) is 6.92 Å². The number of aliphatic imine (C=N–C) groups is 1. The Balaban J connectivity index is 2.17. The molecular formula is C9H16N2S2. The van der Waals surface area contributed by atoms with Crippen molar-refractivity contribution in [3.63, 3.8) is 0 Å². The van der Waals surface area contributed by atoms with Gasteiger partial charge < -0.3 is 5.73 Å². The first kappa shape index (κ1) is 9.87. The van der Waals surface area contributed by atoms with Crippen molar-refractivity contribution >= 4 is 29.4 Å². The second kappa shape index (κ2) is 3.48. The van der Waals surface area contributed by atoms with Crippen LogP contribution in [0.4, 0.5) is 0 Å². The summed E-state index contributed by atoms with van der Waals surface area (Å²) in [6.45, 7) is 4.31. The van der Waals surface area contributed by atoms with E-state index < -0.39 is 0 Å². The molecule has 0 radical (unpaired) electrons. The van der Waals surface area contributed by atoms with Gasteiger partial charge in [-0.3, -0.25) is 4.99 Å². The summed E-state index contributed by atoms with van der Waals surface area (Å²) < 4.78 is 0. The summed E-state index contributed by atoms with van der Waals surface area (Å²) >= 11 is 6.45. The third-order valence-corrected chi connectivity index (χ3v) is 5.13. The SMILES string of the molecule is CC1=NC2C(CC(N)C(S)C2C)S1. The Morgan fingerprint density at radius 3 is 3.00 bits per heavy atom. The zero-order valence-electron chi connectivity index (χ0n) is 7.97. The van der Waals surface area contributed by atoms with Crippen LogP contribution in [0.5, 0.6) is 0 Å². The number of thioether (sulfide) groups is 1. The van der Waals surface area contributed by atoms with Gasteiger partial charge in [-0.2, -0.15) is 12.6 Å². The van der Waals surface area contributed by atoms with Crippen LogP contribution in [-0.4, -0.2) is 27.6 Å². The highest BCUT2D eigenvalue weighted by atomic mass is 32.2. The molecule has 0 bridgehead atoms. The summed E-state index contributed by atoms with van der Waals surface area (Å²) in [5, 5.41) is 2.15. The van der Waals surface area contributed by atoms with Crippen LogP contribution >= 0.6 is 24.4 Å². The molecule has 2 N–H and O–H groups in total. The largest absolute Gasteiger partial charge is 0.327 e. The molecule has 0 aromatic heterocycles. The van der Waals surface area contributed by atoms with Crippen LogP contribution < -0.4 is 5.73 Å². The zero-order valence-corrected chi connectivity index (χ0v) is 9.68. The standard InChI is InChI=1S/C9H16N2S2/c1-4-8-7(13-5(2)11-8)3-6(10)9(4)12/h4,6-9,12H,3,10H2,1-2H3. The van der Waals surface area contributed by atoms with Gasteiger partial charge in [0.05, 0.1) is 11.1 Å². The summed E-state index contributed by atoms with van der Waals surface area (Å²) in [6, 6.07) is 0.709. The first-order valence-electron chi connectivity index (χ1n) is 4.74. The monoisotopic (exact) mass is 216 g/mol. The van der Waals surface area contributed by atoms with E-state index in [-0.39, 0.29) is 6.04 Å². The quantitative estimate of drug-likeness (QED) is 0.603. The van der Waals surface area contributed by atoms with Crippen LogP contribution in [0.25, 0.3) is 0 Å².